The molecule has 2 saturated heterocycles. The number of likely N-dealkylation sites (tertiary alicyclic amines) is 2. The van der Waals surface area contributed by atoms with E-state index in [4.69, 9.17) is 5.11 Å². The predicted molar refractivity (Wildman–Crippen MR) is 151 cm³/mol. The molecule has 1 N–H and O–H groups in total. The topological polar surface area (TPSA) is 77.9 Å². The highest BCUT2D eigenvalue weighted by Crippen LogP contribution is 2.54. The minimum atomic E-state index is -6.17. The molecule has 2 aromatic carbocycles. The Morgan fingerprint density at radius 3 is 2.02 bits per heavy atom. The number of aryl methyl sites for hydroxylation is 1. The molecule has 248 valence electrons. The molecule has 0 aromatic heterocycles. The van der Waals surface area contributed by atoms with Crippen molar-refractivity contribution in [2.45, 2.75) is 67.0 Å². The summed E-state index contributed by atoms with van der Waals surface area (Å²) in [6.07, 6.45) is -9.13. The number of rotatable bonds is 4. The molecule has 0 radical (unpaired) electrons. The summed E-state index contributed by atoms with van der Waals surface area (Å²) in [6, 6.07) is 7.75. The highest BCUT2D eigenvalue weighted by Gasteiger charge is 2.73. The molecule has 16 heteroatoms. The summed E-state index contributed by atoms with van der Waals surface area (Å²) in [6.45, 7) is 0.973. The van der Waals surface area contributed by atoms with Gasteiger partial charge in [-0.2, -0.15) is 26.3 Å². The second kappa shape index (κ2) is 13.5. The van der Waals surface area contributed by atoms with Crippen LogP contribution < -0.4 is 0 Å². The van der Waals surface area contributed by atoms with Crippen molar-refractivity contribution in [3.8, 4) is 0 Å². The summed E-state index contributed by atoms with van der Waals surface area (Å²) >= 11 is 0. The Morgan fingerprint density at radius 2 is 1.49 bits per heavy atom. The Kier molecular flexibility index (Phi) is 10.5. The maximum atomic E-state index is 14.5. The van der Waals surface area contributed by atoms with Gasteiger partial charge in [0.1, 0.15) is 5.82 Å². The average molecular weight is 687 g/mol. The van der Waals surface area contributed by atoms with Crippen molar-refractivity contribution >= 4 is 32.6 Å². The fraction of sp³-hybridized carbons (Fsp3) is 0.517. The third kappa shape index (κ3) is 7.42. The van der Waals surface area contributed by atoms with Crippen LogP contribution in [0.5, 0.6) is 0 Å². The smallest absolute Gasteiger partial charge is 0.435 e. The van der Waals surface area contributed by atoms with E-state index in [9.17, 15) is 48.9 Å². The summed E-state index contributed by atoms with van der Waals surface area (Å²) in [5, 5.41) is 9.12. The SMILES string of the molecule is CS(=O)Sc1ccc(F)cc1.O=C(O)C1CCN(C(=O)N2CCC3c4ccc(C(F)(C(F)(F)F)C(F)(F)F)cc4CCC32)CC1. The van der Waals surface area contributed by atoms with Gasteiger partial charge in [-0.1, -0.05) is 18.2 Å². The number of carboxylic acids is 1. The second-order valence-corrected chi connectivity index (χ2v) is 14.4. The Morgan fingerprint density at radius 1 is 0.889 bits per heavy atom. The predicted octanol–water partition coefficient (Wildman–Crippen LogP) is 7.21. The molecule has 2 amide bonds. The standard InChI is InChI=1S/C22H23F7N2O3.C7H7FOS2/c23-20(21(24,25)26,22(27,28)29)14-2-3-15-13(11-14)1-4-17-16(15)7-10-31(17)19(34)30-8-5-12(6-9-30)18(32)33;1-11(9)10-7-4-2-6(8)3-5-7/h2-3,11-12,16-17H,1,4-10H2,(H,32,33);2-5H,1H3. The van der Waals surface area contributed by atoms with Crippen LogP contribution in [-0.4, -0.2) is 75.4 Å². The molecule has 2 aromatic rings. The number of carboxylic acid groups (broad SMARTS) is 1. The van der Waals surface area contributed by atoms with E-state index in [0.29, 0.717) is 63.0 Å². The number of carbonyl (C=O) groups excluding carboxylic acids is 1. The molecule has 3 atom stereocenters. The lowest BCUT2D eigenvalue weighted by Crippen LogP contribution is -2.51. The zero-order valence-electron chi connectivity index (χ0n) is 23.8. The summed E-state index contributed by atoms with van der Waals surface area (Å²) in [7, 11) is 0.284. The van der Waals surface area contributed by atoms with Gasteiger partial charge in [0, 0.05) is 48.3 Å². The Labute approximate surface area is 260 Å². The number of hydrogen-bond donors (Lipinski definition) is 1. The van der Waals surface area contributed by atoms with Gasteiger partial charge in [-0.05, 0) is 78.3 Å². The summed E-state index contributed by atoms with van der Waals surface area (Å²) in [4.78, 5) is 28.3. The first-order valence-corrected chi connectivity index (χ1v) is 16.8. The minimum Gasteiger partial charge on any atom is -0.481 e. The van der Waals surface area contributed by atoms with Crippen LogP contribution >= 0.6 is 10.8 Å². The third-order valence-electron chi connectivity index (χ3n) is 8.36. The van der Waals surface area contributed by atoms with Crippen molar-refractivity contribution in [3.05, 3.63) is 65.0 Å². The van der Waals surface area contributed by atoms with Gasteiger partial charge >= 0.3 is 30.0 Å². The van der Waals surface area contributed by atoms with Crippen LogP contribution in [0.15, 0.2) is 47.4 Å². The second-order valence-electron chi connectivity index (χ2n) is 11.1. The molecule has 2 fully saturated rings. The number of fused-ring (bicyclic) bond motifs is 3. The average Bonchev–Trinajstić information content (AvgIpc) is 3.41. The van der Waals surface area contributed by atoms with Crippen LogP contribution in [0.3, 0.4) is 0 Å². The normalized spacial score (nSPS) is 21.4. The van der Waals surface area contributed by atoms with Crippen LogP contribution in [0.25, 0.3) is 0 Å². The molecule has 0 bridgehead atoms. The number of alkyl halides is 7. The van der Waals surface area contributed by atoms with E-state index in [0.717, 1.165) is 11.0 Å². The fourth-order valence-electron chi connectivity index (χ4n) is 6.13. The van der Waals surface area contributed by atoms with Crippen molar-refractivity contribution in [1.82, 2.24) is 9.80 Å². The number of piperidine rings is 1. The number of aliphatic carboxylic acids is 1. The lowest BCUT2D eigenvalue weighted by atomic mass is 9.77. The number of carbonyl (C=O) groups is 2. The van der Waals surface area contributed by atoms with Crippen LogP contribution in [0.2, 0.25) is 0 Å². The van der Waals surface area contributed by atoms with Gasteiger partial charge in [0.05, 0.1) is 15.7 Å². The Hall–Kier alpha value is -2.88. The molecule has 3 unspecified atom stereocenters. The largest absolute Gasteiger partial charge is 0.481 e. The van der Waals surface area contributed by atoms with Gasteiger partial charge in [0.15, 0.2) is 0 Å². The summed E-state index contributed by atoms with van der Waals surface area (Å²) in [5.41, 5.74) is -6.19. The van der Waals surface area contributed by atoms with Gasteiger partial charge in [0.25, 0.3) is 0 Å². The molecule has 0 spiro atoms. The van der Waals surface area contributed by atoms with Gasteiger partial charge in [-0.3, -0.25) is 4.79 Å². The molecule has 45 heavy (non-hydrogen) atoms. The molecule has 2 aliphatic heterocycles. The lowest BCUT2D eigenvalue weighted by Gasteiger charge is -2.38. The van der Waals surface area contributed by atoms with E-state index in [1.165, 1.54) is 22.9 Å². The van der Waals surface area contributed by atoms with Crippen molar-refractivity contribution in [2.24, 2.45) is 5.92 Å². The number of nitrogens with zero attached hydrogens (tertiary/aromatic N) is 2. The zero-order valence-corrected chi connectivity index (χ0v) is 25.5. The van der Waals surface area contributed by atoms with E-state index in [2.05, 4.69) is 0 Å². The minimum absolute atomic E-state index is 0.112. The van der Waals surface area contributed by atoms with E-state index in [1.54, 1.807) is 28.2 Å². The maximum Gasteiger partial charge on any atom is 0.435 e. The molecular weight excluding hydrogens is 656 g/mol. The van der Waals surface area contributed by atoms with Crippen molar-refractivity contribution in [1.29, 1.82) is 0 Å². The highest BCUT2D eigenvalue weighted by atomic mass is 33.1. The number of hydrogen-bond acceptors (Lipinski definition) is 4. The van der Waals surface area contributed by atoms with E-state index < -0.39 is 45.3 Å². The van der Waals surface area contributed by atoms with Crippen molar-refractivity contribution in [2.75, 3.05) is 25.9 Å². The Bertz CT molecular complexity index is 1400. The first kappa shape index (κ1) is 35.0. The van der Waals surface area contributed by atoms with Gasteiger partial charge < -0.3 is 14.9 Å². The van der Waals surface area contributed by atoms with E-state index >= 15 is 0 Å². The summed E-state index contributed by atoms with van der Waals surface area (Å²) < 4.78 is 116. The number of amides is 2. The lowest BCUT2D eigenvalue weighted by molar-refractivity contribution is -0.348. The van der Waals surface area contributed by atoms with Gasteiger partial charge in [-0.25, -0.2) is 17.8 Å². The number of benzene rings is 2. The van der Waals surface area contributed by atoms with Crippen LogP contribution in [0.1, 0.15) is 48.3 Å². The monoisotopic (exact) mass is 686 g/mol. The first-order chi connectivity index (χ1) is 20.9. The third-order valence-corrected chi connectivity index (χ3v) is 10.3. The first-order valence-electron chi connectivity index (χ1n) is 14.0. The Balaban J connectivity index is 0.000000354. The fourth-order valence-corrected chi connectivity index (χ4v) is 7.79. The zero-order chi connectivity index (χ0) is 33.3. The van der Waals surface area contributed by atoms with Crippen molar-refractivity contribution in [3.63, 3.8) is 0 Å². The quantitative estimate of drug-likeness (QED) is 0.272. The van der Waals surface area contributed by atoms with Crippen LogP contribution in [-0.2, 0) is 26.7 Å². The molecule has 0 saturated carbocycles. The highest BCUT2D eigenvalue weighted by molar-refractivity contribution is 8.68. The van der Waals surface area contributed by atoms with Gasteiger partial charge in [0.2, 0.25) is 0 Å². The van der Waals surface area contributed by atoms with Crippen molar-refractivity contribution < 1.29 is 54.0 Å². The number of urea groups is 1. The number of halogens is 8. The molecular formula is C29H30F8N2O4S2. The molecule has 3 aliphatic rings. The maximum absolute atomic E-state index is 14.5. The van der Waals surface area contributed by atoms with E-state index in [-0.39, 0.29) is 35.8 Å². The van der Waals surface area contributed by atoms with Crippen LogP contribution in [0, 0.1) is 11.7 Å². The molecule has 1 aliphatic carbocycles. The molecule has 5 rings (SSSR count). The van der Waals surface area contributed by atoms with Gasteiger partial charge in [-0.15, -0.1) is 0 Å². The molecule has 6 nitrogen and oxygen atoms in total. The summed E-state index contributed by atoms with van der Waals surface area (Å²) in [5.74, 6) is -1.94. The van der Waals surface area contributed by atoms with Crippen LogP contribution in [0.4, 0.5) is 39.9 Å². The van der Waals surface area contributed by atoms with E-state index in [1.807, 2.05) is 0 Å². The molecule has 2 heterocycles.